The van der Waals surface area contributed by atoms with Crippen molar-refractivity contribution < 1.29 is 8.42 Å². The fourth-order valence-corrected chi connectivity index (χ4v) is 4.06. The zero-order valence-electron chi connectivity index (χ0n) is 15.3. The van der Waals surface area contributed by atoms with Crippen molar-refractivity contribution in [1.29, 1.82) is 0 Å². The lowest BCUT2D eigenvalue weighted by Gasteiger charge is -2.20. The van der Waals surface area contributed by atoms with Crippen LogP contribution in [-0.4, -0.2) is 18.2 Å². The average Bonchev–Trinajstić information content (AvgIpc) is 2.87. The Bertz CT molecular complexity index is 800. The van der Waals surface area contributed by atoms with E-state index in [1.165, 1.54) is 11.8 Å². The van der Waals surface area contributed by atoms with Crippen LogP contribution in [0.25, 0.3) is 0 Å². The van der Waals surface area contributed by atoms with E-state index in [9.17, 15) is 8.42 Å². The number of hydrogen-bond donors (Lipinski definition) is 1. The van der Waals surface area contributed by atoms with Gasteiger partial charge in [-0.15, -0.1) is 0 Å². The Hall–Kier alpha value is -1.66. The molecule has 0 fully saturated rings. The molecule has 5 nitrogen and oxygen atoms in total. The highest BCUT2D eigenvalue weighted by atomic mass is 32.2. The molecular formula is C18H27N3O2S. The van der Waals surface area contributed by atoms with E-state index >= 15 is 0 Å². The van der Waals surface area contributed by atoms with Crippen LogP contribution in [0.3, 0.4) is 0 Å². The number of hydrogen-bond acceptors (Lipinski definition) is 3. The normalized spacial score (nSPS) is 13.9. The number of aryl methyl sites for hydroxylation is 1. The molecule has 0 aliphatic heterocycles. The van der Waals surface area contributed by atoms with Crippen LogP contribution in [0.1, 0.15) is 57.5 Å². The summed E-state index contributed by atoms with van der Waals surface area (Å²) in [5.74, 6) is 0. The van der Waals surface area contributed by atoms with Crippen LogP contribution >= 0.6 is 0 Å². The third-order valence-electron chi connectivity index (χ3n) is 4.26. The largest absolute Gasteiger partial charge is 0.269 e. The van der Waals surface area contributed by atoms with Crippen LogP contribution in [0.5, 0.6) is 0 Å². The fraction of sp³-hybridized carbons (Fsp3) is 0.500. The SMILES string of the molecule is CCn1ncc(S(=O)(=O)NC(C)c2ccc(C(C)(C)C)cc2)c1C. The van der Waals surface area contributed by atoms with Crippen molar-refractivity contribution in [3.05, 3.63) is 47.3 Å². The van der Waals surface area contributed by atoms with Crippen LogP contribution in [0.2, 0.25) is 0 Å². The molecule has 1 heterocycles. The highest BCUT2D eigenvalue weighted by Crippen LogP contribution is 2.25. The minimum Gasteiger partial charge on any atom is -0.269 e. The van der Waals surface area contributed by atoms with E-state index in [1.54, 1.807) is 11.6 Å². The molecule has 24 heavy (non-hydrogen) atoms. The monoisotopic (exact) mass is 349 g/mol. The van der Waals surface area contributed by atoms with Crippen LogP contribution in [0.15, 0.2) is 35.4 Å². The lowest BCUT2D eigenvalue weighted by molar-refractivity contribution is 0.564. The Morgan fingerprint density at radius 3 is 2.25 bits per heavy atom. The predicted molar refractivity (Wildman–Crippen MR) is 96.5 cm³/mol. The van der Waals surface area contributed by atoms with Crippen LogP contribution < -0.4 is 4.72 Å². The third kappa shape index (κ3) is 3.87. The van der Waals surface area contributed by atoms with Gasteiger partial charge in [0.25, 0.3) is 0 Å². The molecule has 2 aromatic rings. The number of rotatable bonds is 5. The second kappa shape index (κ2) is 6.69. The molecule has 1 atom stereocenters. The second-order valence-electron chi connectivity index (χ2n) is 7.12. The molecule has 0 saturated carbocycles. The Balaban J connectivity index is 2.21. The Kier molecular flexibility index (Phi) is 5.20. The lowest BCUT2D eigenvalue weighted by Crippen LogP contribution is -2.27. The molecule has 6 heteroatoms. The summed E-state index contributed by atoms with van der Waals surface area (Å²) in [6, 6.07) is 7.76. The van der Waals surface area contributed by atoms with Gasteiger partial charge in [-0.1, -0.05) is 45.0 Å². The molecule has 0 aliphatic rings. The van der Waals surface area contributed by atoms with E-state index in [0.717, 1.165) is 5.56 Å². The standard InChI is InChI=1S/C18H27N3O2S/c1-7-21-14(3)17(12-19-21)24(22,23)20-13(2)15-8-10-16(11-9-15)18(4,5)6/h8-13,20H,7H2,1-6H3. The van der Waals surface area contributed by atoms with Gasteiger partial charge in [-0.2, -0.15) is 5.10 Å². The summed E-state index contributed by atoms with van der Waals surface area (Å²) in [6.45, 7) is 12.7. The maximum Gasteiger partial charge on any atom is 0.244 e. The predicted octanol–water partition coefficient (Wildman–Crippen LogP) is 3.55. The summed E-state index contributed by atoms with van der Waals surface area (Å²) in [4.78, 5) is 0.238. The van der Waals surface area contributed by atoms with E-state index in [2.05, 4.69) is 42.7 Å². The average molecular weight is 350 g/mol. The first kappa shape index (κ1) is 18.7. The topological polar surface area (TPSA) is 64.0 Å². The zero-order chi connectivity index (χ0) is 18.1. The van der Waals surface area contributed by atoms with Crippen molar-refractivity contribution in [3.8, 4) is 0 Å². The summed E-state index contributed by atoms with van der Waals surface area (Å²) >= 11 is 0. The van der Waals surface area contributed by atoms with Gasteiger partial charge in [-0.25, -0.2) is 13.1 Å². The molecule has 1 aromatic carbocycles. The molecule has 0 aliphatic carbocycles. The molecular weight excluding hydrogens is 322 g/mol. The van der Waals surface area contributed by atoms with Gasteiger partial charge in [-0.3, -0.25) is 4.68 Å². The summed E-state index contributed by atoms with van der Waals surface area (Å²) in [6.07, 6.45) is 1.41. The van der Waals surface area contributed by atoms with Gasteiger partial charge in [0, 0.05) is 12.6 Å². The Morgan fingerprint density at radius 1 is 1.21 bits per heavy atom. The number of nitrogens with one attached hydrogen (secondary N) is 1. The van der Waals surface area contributed by atoms with Crippen molar-refractivity contribution in [3.63, 3.8) is 0 Å². The minimum absolute atomic E-state index is 0.0765. The van der Waals surface area contributed by atoms with Gasteiger partial charge >= 0.3 is 0 Å². The zero-order valence-corrected chi connectivity index (χ0v) is 16.1. The number of sulfonamides is 1. The van der Waals surface area contributed by atoms with Crippen LogP contribution in [0, 0.1) is 6.92 Å². The molecule has 132 valence electrons. The van der Waals surface area contributed by atoms with Crippen molar-refractivity contribution in [1.82, 2.24) is 14.5 Å². The fourth-order valence-electron chi connectivity index (χ4n) is 2.65. The third-order valence-corrected chi connectivity index (χ3v) is 5.90. The lowest BCUT2D eigenvalue weighted by atomic mass is 9.86. The Morgan fingerprint density at radius 2 is 1.79 bits per heavy atom. The van der Waals surface area contributed by atoms with Gasteiger partial charge in [-0.05, 0) is 37.3 Å². The minimum atomic E-state index is -3.60. The van der Waals surface area contributed by atoms with Gasteiger partial charge in [0.2, 0.25) is 10.0 Å². The quantitative estimate of drug-likeness (QED) is 0.898. The number of aromatic nitrogens is 2. The molecule has 0 radical (unpaired) electrons. The van der Waals surface area contributed by atoms with E-state index < -0.39 is 10.0 Å². The maximum absolute atomic E-state index is 12.6. The second-order valence-corrected chi connectivity index (χ2v) is 8.81. The molecule has 0 bridgehead atoms. The summed E-state index contributed by atoms with van der Waals surface area (Å²) in [7, 11) is -3.60. The van der Waals surface area contributed by atoms with Gasteiger partial charge < -0.3 is 0 Å². The molecule has 0 saturated heterocycles. The molecule has 0 amide bonds. The van der Waals surface area contributed by atoms with E-state index in [1.807, 2.05) is 26.0 Å². The summed E-state index contributed by atoms with van der Waals surface area (Å²) < 4.78 is 29.7. The number of benzene rings is 1. The van der Waals surface area contributed by atoms with Crippen molar-refractivity contribution in [2.75, 3.05) is 0 Å². The molecule has 2 rings (SSSR count). The first-order valence-corrected chi connectivity index (χ1v) is 9.69. The van der Waals surface area contributed by atoms with Crippen molar-refractivity contribution in [2.45, 2.75) is 64.4 Å². The molecule has 1 unspecified atom stereocenters. The first-order valence-electron chi connectivity index (χ1n) is 8.21. The number of nitrogens with zero attached hydrogens (tertiary/aromatic N) is 2. The van der Waals surface area contributed by atoms with Gasteiger partial charge in [0.05, 0.1) is 11.9 Å². The Labute approximate surface area is 145 Å². The van der Waals surface area contributed by atoms with Gasteiger partial charge in [0.15, 0.2) is 0 Å². The van der Waals surface area contributed by atoms with E-state index in [4.69, 9.17) is 0 Å². The highest BCUT2D eigenvalue weighted by Gasteiger charge is 2.23. The smallest absolute Gasteiger partial charge is 0.244 e. The van der Waals surface area contributed by atoms with Gasteiger partial charge in [0.1, 0.15) is 4.90 Å². The molecule has 1 N–H and O–H groups in total. The first-order chi connectivity index (χ1) is 11.1. The maximum atomic E-state index is 12.6. The van der Waals surface area contributed by atoms with Crippen LogP contribution in [-0.2, 0) is 22.0 Å². The van der Waals surface area contributed by atoms with Crippen molar-refractivity contribution >= 4 is 10.0 Å². The molecule has 1 aromatic heterocycles. The summed E-state index contributed by atoms with van der Waals surface area (Å²) in [5.41, 5.74) is 2.89. The summed E-state index contributed by atoms with van der Waals surface area (Å²) in [5, 5.41) is 4.12. The van der Waals surface area contributed by atoms with E-state index in [-0.39, 0.29) is 16.4 Å². The highest BCUT2D eigenvalue weighted by molar-refractivity contribution is 7.89. The molecule has 0 spiro atoms. The van der Waals surface area contributed by atoms with Crippen molar-refractivity contribution in [2.24, 2.45) is 0 Å². The van der Waals surface area contributed by atoms with Crippen LogP contribution in [0.4, 0.5) is 0 Å². The van der Waals surface area contributed by atoms with E-state index in [0.29, 0.717) is 12.2 Å².